The lowest BCUT2D eigenvalue weighted by Gasteiger charge is -2.15. The van der Waals surface area contributed by atoms with Gasteiger partial charge in [0.25, 0.3) is 0 Å². The Balaban J connectivity index is 2.07. The van der Waals surface area contributed by atoms with Crippen LogP contribution in [0.25, 0.3) is 11.4 Å². The first-order valence-corrected chi connectivity index (χ1v) is 8.66. The Morgan fingerprint density at radius 3 is 2.35 bits per heavy atom. The Morgan fingerprint density at radius 2 is 1.85 bits per heavy atom. The van der Waals surface area contributed by atoms with Gasteiger partial charge >= 0.3 is 5.97 Å². The van der Waals surface area contributed by atoms with Gasteiger partial charge in [-0.1, -0.05) is 27.7 Å². The number of ether oxygens (including phenoxy) is 2. The SMILES string of the molecule is COc1ccc(-c2nccn2CC2C(C)(C)C2(C)C)c(C(=O)O)c1OC. The number of carbonyl (C=O) groups is 1. The van der Waals surface area contributed by atoms with Gasteiger partial charge in [0.1, 0.15) is 11.4 Å². The number of nitrogens with zero attached hydrogens (tertiary/aromatic N) is 2. The maximum absolute atomic E-state index is 11.9. The molecule has 0 aliphatic heterocycles. The first kappa shape index (κ1) is 18.3. The minimum atomic E-state index is -1.07. The summed E-state index contributed by atoms with van der Waals surface area (Å²) in [6.45, 7) is 9.88. The third-order valence-electron chi connectivity index (χ3n) is 6.41. The van der Waals surface area contributed by atoms with Gasteiger partial charge in [-0.2, -0.15) is 0 Å². The van der Waals surface area contributed by atoms with Crippen molar-refractivity contribution >= 4 is 5.97 Å². The number of aromatic carboxylic acids is 1. The number of carboxylic acids is 1. The van der Waals surface area contributed by atoms with Crippen LogP contribution in [0.3, 0.4) is 0 Å². The minimum absolute atomic E-state index is 0.0635. The number of methoxy groups -OCH3 is 2. The topological polar surface area (TPSA) is 73.6 Å². The number of aromatic nitrogens is 2. The van der Waals surface area contributed by atoms with Crippen LogP contribution < -0.4 is 9.47 Å². The van der Waals surface area contributed by atoms with Crippen LogP contribution in [0.1, 0.15) is 38.1 Å². The summed E-state index contributed by atoms with van der Waals surface area (Å²) in [5.41, 5.74) is 1.06. The van der Waals surface area contributed by atoms with Crippen LogP contribution in [0.15, 0.2) is 24.5 Å². The predicted octanol–water partition coefficient (Wildman–Crippen LogP) is 3.95. The van der Waals surface area contributed by atoms with Crippen LogP contribution in [-0.2, 0) is 6.54 Å². The van der Waals surface area contributed by atoms with Crippen molar-refractivity contribution in [2.45, 2.75) is 34.2 Å². The maximum atomic E-state index is 11.9. The molecule has 0 atom stereocenters. The molecule has 6 nitrogen and oxygen atoms in total. The van der Waals surface area contributed by atoms with Crippen molar-refractivity contribution in [2.24, 2.45) is 16.7 Å². The Morgan fingerprint density at radius 1 is 1.19 bits per heavy atom. The highest BCUT2D eigenvalue weighted by atomic mass is 16.5. The van der Waals surface area contributed by atoms with Gasteiger partial charge in [-0.15, -0.1) is 0 Å². The van der Waals surface area contributed by atoms with Crippen molar-refractivity contribution in [1.82, 2.24) is 9.55 Å². The van der Waals surface area contributed by atoms with Crippen LogP contribution in [0.5, 0.6) is 11.5 Å². The molecule has 2 aromatic rings. The minimum Gasteiger partial charge on any atom is -0.493 e. The van der Waals surface area contributed by atoms with E-state index in [0.717, 1.165) is 6.54 Å². The van der Waals surface area contributed by atoms with Crippen LogP contribution in [-0.4, -0.2) is 34.8 Å². The second kappa shape index (κ2) is 6.04. The molecule has 6 heteroatoms. The molecule has 0 unspecified atom stereocenters. The van der Waals surface area contributed by atoms with Crippen LogP contribution in [0, 0.1) is 16.7 Å². The lowest BCUT2D eigenvalue weighted by atomic mass is 10.0. The van der Waals surface area contributed by atoms with E-state index < -0.39 is 5.97 Å². The summed E-state index contributed by atoms with van der Waals surface area (Å²) in [4.78, 5) is 16.4. The van der Waals surface area contributed by atoms with Gasteiger partial charge in [0.15, 0.2) is 11.5 Å². The van der Waals surface area contributed by atoms with Crippen molar-refractivity contribution in [3.05, 3.63) is 30.1 Å². The molecule has 140 valence electrons. The summed E-state index contributed by atoms with van der Waals surface area (Å²) >= 11 is 0. The summed E-state index contributed by atoms with van der Waals surface area (Å²) < 4.78 is 12.6. The zero-order chi connectivity index (χ0) is 19.3. The Kier molecular flexibility index (Phi) is 4.25. The highest BCUT2D eigenvalue weighted by molar-refractivity contribution is 5.99. The summed E-state index contributed by atoms with van der Waals surface area (Å²) in [6.07, 6.45) is 3.61. The third kappa shape index (κ3) is 2.55. The smallest absolute Gasteiger partial charge is 0.340 e. The molecular formula is C20H26N2O4. The number of rotatable bonds is 6. The second-order valence-electron chi connectivity index (χ2n) is 7.93. The summed E-state index contributed by atoms with van der Waals surface area (Å²) in [7, 11) is 2.93. The van der Waals surface area contributed by atoms with Gasteiger partial charge in [0, 0.05) is 24.5 Å². The monoisotopic (exact) mass is 358 g/mol. The molecule has 1 aliphatic rings. The molecule has 26 heavy (non-hydrogen) atoms. The number of imidazole rings is 1. The largest absolute Gasteiger partial charge is 0.493 e. The normalized spacial score (nSPS) is 17.8. The molecule has 0 spiro atoms. The van der Waals surface area contributed by atoms with Crippen molar-refractivity contribution in [3.8, 4) is 22.9 Å². The zero-order valence-electron chi connectivity index (χ0n) is 16.2. The van der Waals surface area contributed by atoms with Crippen molar-refractivity contribution in [2.75, 3.05) is 14.2 Å². The summed E-state index contributed by atoms with van der Waals surface area (Å²) in [5, 5.41) is 9.78. The standard InChI is InChI=1S/C20H26N2O4/c1-19(2)14(20(19,3)4)11-22-10-9-21-17(22)12-7-8-13(25-5)16(26-6)15(12)18(23)24/h7-10,14H,11H2,1-6H3,(H,23,24). The molecule has 3 rings (SSSR count). The van der Waals surface area contributed by atoms with E-state index in [1.54, 1.807) is 18.3 Å². The number of hydrogen-bond donors (Lipinski definition) is 1. The van der Waals surface area contributed by atoms with Crippen molar-refractivity contribution < 1.29 is 19.4 Å². The Bertz CT molecular complexity index is 837. The molecule has 1 fully saturated rings. The molecule has 1 aliphatic carbocycles. The predicted molar refractivity (Wildman–Crippen MR) is 98.8 cm³/mol. The van der Waals surface area contributed by atoms with Gasteiger partial charge in [-0.3, -0.25) is 0 Å². The molecule has 0 saturated heterocycles. The third-order valence-corrected chi connectivity index (χ3v) is 6.41. The fourth-order valence-electron chi connectivity index (χ4n) is 4.01. The highest BCUT2D eigenvalue weighted by Gasteiger charge is 2.64. The van der Waals surface area contributed by atoms with E-state index in [4.69, 9.17) is 9.47 Å². The van der Waals surface area contributed by atoms with Crippen LogP contribution in [0.4, 0.5) is 0 Å². The molecule has 1 aromatic heterocycles. The van der Waals surface area contributed by atoms with Crippen molar-refractivity contribution in [3.63, 3.8) is 0 Å². The zero-order valence-corrected chi connectivity index (χ0v) is 16.2. The first-order chi connectivity index (χ1) is 12.2. The van der Waals surface area contributed by atoms with Gasteiger partial charge in [-0.05, 0) is 28.9 Å². The van der Waals surface area contributed by atoms with E-state index in [2.05, 4.69) is 32.7 Å². The van der Waals surface area contributed by atoms with E-state index in [-0.39, 0.29) is 22.1 Å². The first-order valence-electron chi connectivity index (χ1n) is 8.66. The van der Waals surface area contributed by atoms with E-state index in [1.807, 2.05) is 10.8 Å². The van der Waals surface area contributed by atoms with E-state index in [1.165, 1.54) is 14.2 Å². The Labute approximate surface area is 153 Å². The van der Waals surface area contributed by atoms with Gasteiger partial charge in [0.2, 0.25) is 0 Å². The molecule has 0 amide bonds. The maximum Gasteiger partial charge on any atom is 0.340 e. The lowest BCUT2D eigenvalue weighted by Crippen LogP contribution is -2.10. The Hall–Kier alpha value is -2.50. The van der Waals surface area contributed by atoms with Crippen LogP contribution >= 0.6 is 0 Å². The fourth-order valence-corrected chi connectivity index (χ4v) is 4.01. The molecule has 0 bridgehead atoms. The van der Waals surface area contributed by atoms with Gasteiger partial charge in [0.05, 0.1) is 14.2 Å². The van der Waals surface area contributed by atoms with Gasteiger partial charge in [-0.25, -0.2) is 9.78 Å². The van der Waals surface area contributed by atoms with Crippen molar-refractivity contribution in [1.29, 1.82) is 0 Å². The molecule has 1 saturated carbocycles. The number of carboxylic acid groups (broad SMARTS) is 1. The average Bonchev–Trinajstić information content (AvgIpc) is 2.94. The van der Waals surface area contributed by atoms with Gasteiger partial charge < -0.3 is 19.1 Å². The van der Waals surface area contributed by atoms with E-state index in [9.17, 15) is 9.90 Å². The highest BCUT2D eigenvalue weighted by Crippen LogP contribution is 2.69. The quantitative estimate of drug-likeness (QED) is 0.846. The number of hydrogen-bond acceptors (Lipinski definition) is 4. The molecule has 1 aromatic carbocycles. The van der Waals surface area contributed by atoms with E-state index in [0.29, 0.717) is 23.1 Å². The summed E-state index contributed by atoms with van der Waals surface area (Å²) in [6, 6.07) is 3.44. The number of benzene rings is 1. The fraction of sp³-hybridized carbons (Fsp3) is 0.500. The molecule has 1 N–H and O–H groups in total. The van der Waals surface area contributed by atoms with Crippen LogP contribution in [0.2, 0.25) is 0 Å². The molecule has 0 radical (unpaired) electrons. The average molecular weight is 358 g/mol. The molecule has 1 heterocycles. The second-order valence-corrected chi connectivity index (χ2v) is 7.93. The molecular weight excluding hydrogens is 332 g/mol. The van der Waals surface area contributed by atoms with E-state index >= 15 is 0 Å². The summed E-state index contributed by atoms with van der Waals surface area (Å²) in [5.74, 6) is 0.644. The lowest BCUT2D eigenvalue weighted by molar-refractivity contribution is 0.0693.